The van der Waals surface area contributed by atoms with Crippen LogP contribution in [0.15, 0.2) is 72.9 Å². The summed E-state index contributed by atoms with van der Waals surface area (Å²) >= 11 is 0. The molecule has 0 aromatic rings. The molecule has 1 fully saturated rings. The van der Waals surface area contributed by atoms with Crippen molar-refractivity contribution in [1.82, 2.24) is 0 Å². The molecular formula is C41H65O11P. The molecule has 0 heterocycles. The smallest absolute Gasteiger partial charge is 0.462 e. The van der Waals surface area contributed by atoms with Gasteiger partial charge in [0.2, 0.25) is 0 Å². The van der Waals surface area contributed by atoms with E-state index in [2.05, 4.69) is 67.0 Å². The minimum Gasteiger partial charge on any atom is -0.462 e. The SMILES string of the molecule is CC/C=C\C/C=C\C/C=C\C/C=C\CCCCC(=O)O[C@H](COC(=O)CCC/C=C\C[C@H]1[C@@H](O)CC(=O)[C@@H]1/C=C/[C@@H](O)CCCCC)COP(=O)(O)O. The van der Waals surface area contributed by atoms with Gasteiger partial charge in [-0.2, -0.15) is 0 Å². The average Bonchev–Trinajstić information content (AvgIpc) is 3.38. The minimum atomic E-state index is -4.83. The molecule has 4 N–H and O–H groups in total. The van der Waals surface area contributed by atoms with E-state index in [1.165, 1.54) is 0 Å². The van der Waals surface area contributed by atoms with E-state index in [0.29, 0.717) is 32.1 Å². The summed E-state index contributed by atoms with van der Waals surface area (Å²) in [6.45, 7) is 3.18. The molecule has 1 rings (SSSR count). The van der Waals surface area contributed by atoms with Crippen LogP contribution < -0.4 is 0 Å². The lowest BCUT2D eigenvalue weighted by atomic mass is 9.90. The Kier molecular flexibility index (Phi) is 27.6. The van der Waals surface area contributed by atoms with Gasteiger partial charge in [-0.05, 0) is 70.6 Å². The Morgan fingerprint density at radius 3 is 2.09 bits per heavy atom. The maximum absolute atomic E-state index is 12.4. The molecule has 12 heteroatoms. The first-order valence-corrected chi connectivity index (χ1v) is 20.9. The second-order valence-corrected chi connectivity index (χ2v) is 14.5. The molecule has 0 amide bonds. The van der Waals surface area contributed by atoms with Gasteiger partial charge in [0.25, 0.3) is 0 Å². The Hall–Kier alpha value is -2.92. The first-order valence-electron chi connectivity index (χ1n) is 19.3. The summed E-state index contributed by atoms with van der Waals surface area (Å²) in [6, 6.07) is 0. The topological polar surface area (TPSA) is 177 Å². The molecule has 11 nitrogen and oxygen atoms in total. The predicted molar refractivity (Wildman–Crippen MR) is 208 cm³/mol. The van der Waals surface area contributed by atoms with Gasteiger partial charge in [0.1, 0.15) is 12.4 Å². The van der Waals surface area contributed by atoms with Crippen molar-refractivity contribution in [3.63, 3.8) is 0 Å². The van der Waals surface area contributed by atoms with E-state index in [1.54, 1.807) is 12.2 Å². The van der Waals surface area contributed by atoms with Gasteiger partial charge < -0.3 is 29.5 Å². The highest BCUT2D eigenvalue weighted by molar-refractivity contribution is 7.46. The third kappa shape index (κ3) is 26.5. The zero-order valence-electron chi connectivity index (χ0n) is 31.8. The maximum atomic E-state index is 12.4. The van der Waals surface area contributed by atoms with Crippen LogP contribution in [-0.4, -0.2) is 69.2 Å². The third-order valence-electron chi connectivity index (χ3n) is 8.59. The highest BCUT2D eigenvalue weighted by Gasteiger charge is 2.39. The Labute approximate surface area is 317 Å². The van der Waals surface area contributed by atoms with Gasteiger partial charge in [0.15, 0.2) is 6.10 Å². The van der Waals surface area contributed by atoms with E-state index in [4.69, 9.17) is 19.3 Å². The van der Waals surface area contributed by atoms with Crippen molar-refractivity contribution in [1.29, 1.82) is 0 Å². The van der Waals surface area contributed by atoms with E-state index >= 15 is 0 Å². The number of allylic oxidation sites excluding steroid dienone is 11. The van der Waals surface area contributed by atoms with E-state index < -0.39 is 57.2 Å². The number of rotatable bonds is 30. The molecule has 0 radical (unpaired) electrons. The van der Waals surface area contributed by atoms with Gasteiger partial charge in [-0.3, -0.25) is 18.9 Å². The van der Waals surface area contributed by atoms with E-state index in [9.17, 15) is 29.2 Å². The van der Waals surface area contributed by atoms with E-state index in [-0.39, 0.29) is 31.0 Å². The lowest BCUT2D eigenvalue weighted by Crippen LogP contribution is -2.29. The lowest BCUT2D eigenvalue weighted by molar-refractivity contribution is -0.161. The molecule has 0 unspecified atom stereocenters. The number of aliphatic hydroxyl groups is 2. The van der Waals surface area contributed by atoms with Crippen LogP contribution in [0, 0.1) is 11.8 Å². The van der Waals surface area contributed by atoms with Gasteiger partial charge in [-0.25, -0.2) is 4.57 Å². The second-order valence-electron chi connectivity index (χ2n) is 13.3. The number of phosphoric acid groups is 1. The summed E-state index contributed by atoms with van der Waals surface area (Å²) in [5, 5.41) is 20.6. The number of unbranched alkanes of at least 4 members (excludes halogenated alkanes) is 5. The van der Waals surface area contributed by atoms with E-state index in [1.807, 2.05) is 12.2 Å². The number of phosphoric ester groups is 1. The quantitative estimate of drug-likeness (QED) is 0.0241. The van der Waals surface area contributed by atoms with Crippen molar-refractivity contribution in [2.45, 2.75) is 141 Å². The zero-order chi connectivity index (χ0) is 39.2. The van der Waals surface area contributed by atoms with Crippen LogP contribution in [0.2, 0.25) is 0 Å². The zero-order valence-corrected chi connectivity index (χ0v) is 32.7. The van der Waals surface area contributed by atoms with Gasteiger partial charge in [-0.1, -0.05) is 106 Å². The molecule has 300 valence electrons. The average molecular weight is 765 g/mol. The molecule has 0 aromatic carbocycles. The minimum absolute atomic E-state index is 0.0384. The van der Waals surface area contributed by atoms with Gasteiger partial charge in [-0.15, -0.1) is 0 Å². The largest absolute Gasteiger partial charge is 0.469 e. The number of aliphatic hydroxyl groups excluding tert-OH is 2. The Bertz CT molecular complexity index is 1250. The maximum Gasteiger partial charge on any atom is 0.469 e. The van der Waals surface area contributed by atoms with Crippen molar-refractivity contribution < 1.29 is 52.9 Å². The van der Waals surface area contributed by atoms with Crippen LogP contribution in [0.25, 0.3) is 0 Å². The first kappa shape index (κ1) is 48.1. The highest BCUT2D eigenvalue weighted by Crippen LogP contribution is 2.36. The van der Waals surface area contributed by atoms with Crippen molar-refractivity contribution in [2.75, 3.05) is 13.2 Å². The number of carbonyl (C=O) groups excluding carboxylic acids is 3. The molecule has 1 saturated carbocycles. The molecule has 53 heavy (non-hydrogen) atoms. The fraction of sp³-hybridized carbons (Fsp3) is 0.634. The summed E-state index contributed by atoms with van der Waals surface area (Å²) in [6.07, 6.45) is 32.8. The lowest BCUT2D eigenvalue weighted by Gasteiger charge is -2.18. The summed E-state index contributed by atoms with van der Waals surface area (Å²) in [5.74, 6) is -1.90. The summed E-state index contributed by atoms with van der Waals surface area (Å²) < 4.78 is 26.2. The van der Waals surface area contributed by atoms with Crippen LogP contribution in [0.5, 0.6) is 0 Å². The molecule has 0 spiro atoms. The third-order valence-corrected chi connectivity index (χ3v) is 9.07. The number of carbonyl (C=O) groups is 3. The van der Waals surface area contributed by atoms with Crippen molar-refractivity contribution in [3.8, 4) is 0 Å². The number of Topliss-reactive ketones (excluding diaryl/α,β-unsaturated/α-hetero) is 1. The monoisotopic (exact) mass is 764 g/mol. The number of hydrogen-bond donors (Lipinski definition) is 4. The molecule has 5 atom stereocenters. The van der Waals surface area contributed by atoms with Crippen molar-refractivity contribution in [3.05, 3.63) is 72.9 Å². The van der Waals surface area contributed by atoms with Gasteiger partial charge in [0, 0.05) is 31.1 Å². The number of ether oxygens (including phenoxy) is 2. The summed E-state index contributed by atoms with van der Waals surface area (Å²) in [7, 11) is -4.83. The normalized spacial score (nSPS) is 19.6. The molecule has 0 saturated heterocycles. The van der Waals surface area contributed by atoms with Crippen LogP contribution in [0.3, 0.4) is 0 Å². The van der Waals surface area contributed by atoms with Crippen LogP contribution in [0.4, 0.5) is 0 Å². The van der Waals surface area contributed by atoms with Crippen LogP contribution in [-0.2, 0) is 32.9 Å². The fourth-order valence-corrected chi connectivity index (χ4v) is 6.00. The van der Waals surface area contributed by atoms with Gasteiger partial charge in [0.05, 0.1) is 18.8 Å². The highest BCUT2D eigenvalue weighted by atomic mass is 31.2. The van der Waals surface area contributed by atoms with Crippen molar-refractivity contribution in [2.24, 2.45) is 11.8 Å². The second kappa shape index (κ2) is 30.4. The van der Waals surface area contributed by atoms with Crippen LogP contribution in [0.1, 0.15) is 123 Å². The predicted octanol–water partition coefficient (Wildman–Crippen LogP) is 8.10. The number of ketones is 1. The number of esters is 2. The van der Waals surface area contributed by atoms with Crippen molar-refractivity contribution >= 4 is 25.5 Å². The Morgan fingerprint density at radius 2 is 1.43 bits per heavy atom. The molecule has 0 bridgehead atoms. The summed E-state index contributed by atoms with van der Waals surface area (Å²) in [5.41, 5.74) is 0. The summed E-state index contributed by atoms with van der Waals surface area (Å²) in [4.78, 5) is 55.3. The Morgan fingerprint density at radius 1 is 0.811 bits per heavy atom. The van der Waals surface area contributed by atoms with Crippen LogP contribution >= 0.6 is 7.82 Å². The first-order chi connectivity index (χ1) is 25.5. The Balaban J connectivity index is 2.37. The van der Waals surface area contributed by atoms with Gasteiger partial charge >= 0.3 is 19.8 Å². The number of hydrogen-bond acceptors (Lipinski definition) is 9. The molecule has 0 aliphatic heterocycles. The fourth-order valence-electron chi connectivity index (χ4n) is 5.64. The molecular weight excluding hydrogens is 699 g/mol. The standard InChI is InChI=1S/C41H65O11P/c1-3-5-7-8-9-10-11-12-13-14-15-16-17-18-24-28-41(46)52-35(33-51-53(47,48)49)32-50-40(45)27-23-20-19-22-26-36-37(39(44)31-38(36)43)30-29-34(42)25-21-6-4-2/h5,7,9-10,12-13,15-16,19,22,29-30,34-38,42-43H,3-4,6,8,11,14,17-18,20-21,23-28,31-33H2,1-2H3,(H2,47,48,49)/b7-5-,10-9-,13-12-,16-15-,22-19-,30-29+/t34-,35+,36+,37+,38-/m0/s1. The molecule has 1 aliphatic rings. The van der Waals surface area contributed by atoms with E-state index in [0.717, 1.165) is 57.8 Å². The molecule has 1 aliphatic carbocycles. The molecule has 0 aromatic heterocycles.